The van der Waals surface area contributed by atoms with Gasteiger partial charge in [0.25, 0.3) is 0 Å². The largest absolute Gasteiger partial charge is 0.353 e. The first-order valence-electron chi connectivity index (χ1n) is 6.52. The highest BCUT2D eigenvalue weighted by Gasteiger charge is 2.35. The highest BCUT2D eigenvalue weighted by atomic mass is 15.3. The van der Waals surface area contributed by atoms with Gasteiger partial charge >= 0.3 is 0 Å². The lowest BCUT2D eigenvalue weighted by molar-refractivity contribution is 0.340. The van der Waals surface area contributed by atoms with Crippen molar-refractivity contribution >= 4 is 5.82 Å². The first-order chi connectivity index (χ1) is 8.24. The summed E-state index contributed by atoms with van der Waals surface area (Å²) in [5, 5.41) is 3.62. The van der Waals surface area contributed by atoms with Gasteiger partial charge in [-0.25, -0.2) is 4.98 Å². The fraction of sp³-hybridized carbons (Fsp3) is 0.692. The lowest BCUT2D eigenvalue weighted by atomic mass is 9.94. The molecule has 2 atom stereocenters. The van der Waals surface area contributed by atoms with Gasteiger partial charge in [-0.1, -0.05) is 0 Å². The van der Waals surface area contributed by atoms with E-state index in [2.05, 4.69) is 27.1 Å². The fourth-order valence-electron chi connectivity index (χ4n) is 3.04. The molecule has 0 bridgehead atoms. The maximum atomic E-state index is 4.65. The van der Waals surface area contributed by atoms with Crippen LogP contribution in [-0.2, 0) is 0 Å². The standard InChI is InChI=1S/C13H20N4/c1-9-6-15-10(2)13(16-9)17-7-11-4-3-5-14-12(11)8-17/h6,11-12,14H,3-5,7-8H2,1-2H3. The molecule has 1 aromatic rings. The van der Waals surface area contributed by atoms with Gasteiger partial charge in [0.05, 0.1) is 11.4 Å². The average molecular weight is 232 g/mol. The van der Waals surface area contributed by atoms with Gasteiger partial charge < -0.3 is 10.2 Å². The molecular formula is C13H20N4. The fourth-order valence-corrected chi connectivity index (χ4v) is 3.04. The molecule has 0 aromatic carbocycles. The quantitative estimate of drug-likeness (QED) is 0.792. The van der Waals surface area contributed by atoms with E-state index >= 15 is 0 Å². The second-order valence-corrected chi connectivity index (χ2v) is 5.29. The van der Waals surface area contributed by atoms with Crippen LogP contribution in [0, 0.1) is 19.8 Å². The number of nitrogens with zero attached hydrogens (tertiary/aromatic N) is 3. The number of fused-ring (bicyclic) bond motifs is 1. The number of piperidine rings is 1. The normalized spacial score (nSPS) is 28.2. The van der Waals surface area contributed by atoms with Crippen molar-refractivity contribution in [1.82, 2.24) is 15.3 Å². The summed E-state index contributed by atoms with van der Waals surface area (Å²) in [6.45, 7) is 7.46. The van der Waals surface area contributed by atoms with E-state index in [-0.39, 0.29) is 0 Å². The lowest BCUT2D eigenvalue weighted by Gasteiger charge is -2.24. The van der Waals surface area contributed by atoms with Crippen molar-refractivity contribution in [2.45, 2.75) is 32.7 Å². The van der Waals surface area contributed by atoms with Gasteiger partial charge in [-0.05, 0) is 39.2 Å². The lowest BCUT2D eigenvalue weighted by Crippen LogP contribution is -2.40. The molecule has 2 saturated heterocycles. The maximum Gasteiger partial charge on any atom is 0.150 e. The Kier molecular flexibility index (Phi) is 2.74. The molecule has 3 heterocycles. The van der Waals surface area contributed by atoms with Crippen molar-refractivity contribution in [1.29, 1.82) is 0 Å². The highest BCUT2D eigenvalue weighted by molar-refractivity contribution is 5.45. The zero-order valence-electron chi connectivity index (χ0n) is 10.6. The summed E-state index contributed by atoms with van der Waals surface area (Å²) in [6, 6.07) is 0.658. The predicted molar refractivity (Wildman–Crippen MR) is 68.2 cm³/mol. The molecule has 2 unspecified atom stereocenters. The second kappa shape index (κ2) is 4.26. The van der Waals surface area contributed by atoms with Crippen LogP contribution in [0.3, 0.4) is 0 Å². The minimum atomic E-state index is 0.658. The summed E-state index contributed by atoms with van der Waals surface area (Å²) < 4.78 is 0. The third-order valence-electron chi connectivity index (χ3n) is 3.95. The first-order valence-corrected chi connectivity index (χ1v) is 6.52. The molecule has 92 valence electrons. The number of aryl methyl sites for hydroxylation is 2. The molecule has 2 fully saturated rings. The van der Waals surface area contributed by atoms with Gasteiger partial charge in [0.15, 0.2) is 0 Å². The molecule has 0 saturated carbocycles. The van der Waals surface area contributed by atoms with Crippen LogP contribution < -0.4 is 10.2 Å². The number of aromatic nitrogens is 2. The topological polar surface area (TPSA) is 41.1 Å². The van der Waals surface area contributed by atoms with Gasteiger partial charge in [0, 0.05) is 25.3 Å². The summed E-state index contributed by atoms with van der Waals surface area (Å²) in [5.41, 5.74) is 2.06. The van der Waals surface area contributed by atoms with Crippen LogP contribution >= 0.6 is 0 Å². The molecule has 2 aliphatic rings. The number of hydrogen-bond acceptors (Lipinski definition) is 4. The van der Waals surface area contributed by atoms with Gasteiger partial charge in [-0.15, -0.1) is 0 Å². The van der Waals surface area contributed by atoms with E-state index in [0.29, 0.717) is 6.04 Å². The first kappa shape index (κ1) is 11.0. The number of nitrogens with one attached hydrogen (secondary N) is 1. The van der Waals surface area contributed by atoms with Gasteiger partial charge in [0.1, 0.15) is 5.82 Å². The molecule has 4 nitrogen and oxygen atoms in total. The molecule has 3 rings (SSSR count). The van der Waals surface area contributed by atoms with Crippen molar-refractivity contribution in [3.63, 3.8) is 0 Å². The van der Waals surface area contributed by atoms with Gasteiger partial charge in [0.2, 0.25) is 0 Å². The van der Waals surface area contributed by atoms with E-state index in [1.165, 1.54) is 19.4 Å². The molecule has 2 aliphatic heterocycles. The molecule has 0 radical (unpaired) electrons. The van der Waals surface area contributed by atoms with Crippen LogP contribution in [0.5, 0.6) is 0 Å². The van der Waals surface area contributed by atoms with Crippen LogP contribution in [0.15, 0.2) is 6.20 Å². The molecule has 1 N–H and O–H groups in total. The van der Waals surface area contributed by atoms with E-state index < -0.39 is 0 Å². The van der Waals surface area contributed by atoms with Crippen LogP contribution in [-0.4, -0.2) is 35.6 Å². The summed E-state index contributed by atoms with van der Waals surface area (Å²) in [5.74, 6) is 1.88. The minimum Gasteiger partial charge on any atom is -0.353 e. The van der Waals surface area contributed by atoms with Crippen LogP contribution in [0.4, 0.5) is 5.82 Å². The zero-order valence-corrected chi connectivity index (χ0v) is 10.6. The number of hydrogen-bond donors (Lipinski definition) is 1. The second-order valence-electron chi connectivity index (χ2n) is 5.29. The molecule has 4 heteroatoms. The number of anilines is 1. The average Bonchev–Trinajstić information content (AvgIpc) is 2.75. The molecule has 17 heavy (non-hydrogen) atoms. The SMILES string of the molecule is Cc1cnc(C)c(N2CC3CCCNC3C2)n1. The minimum absolute atomic E-state index is 0.658. The summed E-state index contributed by atoms with van der Waals surface area (Å²) in [6.07, 6.45) is 4.51. The summed E-state index contributed by atoms with van der Waals surface area (Å²) >= 11 is 0. The van der Waals surface area contributed by atoms with Crippen molar-refractivity contribution < 1.29 is 0 Å². The Hall–Kier alpha value is -1.16. The highest BCUT2D eigenvalue weighted by Crippen LogP contribution is 2.29. The van der Waals surface area contributed by atoms with Crippen molar-refractivity contribution in [2.75, 3.05) is 24.5 Å². The molecular weight excluding hydrogens is 212 g/mol. The van der Waals surface area contributed by atoms with E-state index in [9.17, 15) is 0 Å². The summed E-state index contributed by atoms with van der Waals surface area (Å²) in [4.78, 5) is 11.5. The Bertz CT molecular complexity index is 404. The third kappa shape index (κ3) is 2.02. The number of rotatable bonds is 1. The summed E-state index contributed by atoms with van der Waals surface area (Å²) in [7, 11) is 0. The van der Waals surface area contributed by atoms with Crippen molar-refractivity contribution in [2.24, 2.45) is 5.92 Å². The van der Waals surface area contributed by atoms with Crippen molar-refractivity contribution in [3.8, 4) is 0 Å². The van der Waals surface area contributed by atoms with Gasteiger partial charge in [-0.3, -0.25) is 4.98 Å². The smallest absolute Gasteiger partial charge is 0.150 e. The zero-order chi connectivity index (χ0) is 11.8. The van der Waals surface area contributed by atoms with E-state index in [1.807, 2.05) is 13.1 Å². The van der Waals surface area contributed by atoms with Crippen LogP contribution in [0.1, 0.15) is 24.2 Å². The molecule has 0 spiro atoms. The molecule has 0 amide bonds. The maximum absolute atomic E-state index is 4.65. The van der Waals surface area contributed by atoms with Crippen LogP contribution in [0.2, 0.25) is 0 Å². The Morgan fingerprint density at radius 1 is 1.35 bits per heavy atom. The Morgan fingerprint density at radius 3 is 3.06 bits per heavy atom. The Morgan fingerprint density at radius 2 is 2.24 bits per heavy atom. The predicted octanol–water partition coefficient (Wildman–Crippen LogP) is 1.28. The Labute approximate surface area is 102 Å². The van der Waals surface area contributed by atoms with E-state index in [0.717, 1.165) is 36.2 Å². The molecule has 0 aliphatic carbocycles. The molecule has 1 aromatic heterocycles. The Balaban J connectivity index is 1.83. The van der Waals surface area contributed by atoms with Crippen LogP contribution in [0.25, 0.3) is 0 Å². The third-order valence-corrected chi connectivity index (χ3v) is 3.95. The van der Waals surface area contributed by atoms with E-state index in [4.69, 9.17) is 0 Å². The van der Waals surface area contributed by atoms with Crippen molar-refractivity contribution in [3.05, 3.63) is 17.6 Å². The monoisotopic (exact) mass is 232 g/mol. The van der Waals surface area contributed by atoms with Gasteiger partial charge in [-0.2, -0.15) is 0 Å². The van der Waals surface area contributed by atoms with E-state index in [1.54, 1.807) is 0 Å².